The highest BCUT2D eigenvalue weighted by molar-refractivity contribution is 6.03. The van der Waals surface area contributed by atoms with Crippen molar-refractivity contribution in [3.63, 3.8) is 0 Å². The Bertz CT molecular complexity index is 2140. The SMILES string of the molecule is C#Cc1c(F)ccc2cc(O)cc(-c3ncc4c(N5C[C@H]6C[C@@H]5CN6)nc(C#C[C@]56CCCN5[C@@H](COC(=O)N(C)C)CC6)nc4c3F)c12. The lowest BCUT2D eigenvalue weighted by Gasteiger charge is -2.30. The van der Waals surface area contributed by atoms with E-state index in [0.29, 0.717) is 35.8 Å². The Labute approximate surface area is 282 Å². The fourth-order valence-electron chi connectivity index (χ4n) is 8.18. The lowest BCUT2D eigenvalue weighted by atomic mass is 9.95. The molecule has 4 atom stereocenters. The molecule has 2 aromatic heterocycles. The summed E-state index contributed by atoms with van der Waals surface area (Å²) in [5.41, 5.74) is -0.383. The molecule has 10 nitrogen and oxygen atoms in total. The van der Waals surface area contributed by atoms with Gasteiger partial charge in [-0.3, -0.25) is 9.88 Å². The number of pyridine rings is 1. The highest BCUT2D eigenvalue weighted by Gasteiger charge is 2.48. The first-order chi connectivity index (χ1) is 23.7. The number of hydrogen-bond donors (Lipinski definition) is 2. The smallest absolute Gasteiger partial charge is 0.409 e. The number of nitrogens with zero attached hydrogens (tertiary/aromatic N) is 6. The predicted octanol–water partition coefficient (Wildman–Crippen LogP) is 4.41. The molecule has 12 heteroatoms. The Morgan fingerprint density at radius 3 is 2.86 bits per heavy atom. The molecule has 2 N–H and O–H groups in total. The van der Waals surface area contributed by atoms with E-state index in [1.165, 1.54) is 29.2 Å². The molecule has 4 aliphatic heterocycles. The Morgan fingerprint density at radius 1 is 1.24 bits per heavy atom. The molecule has 6 heterocycles. The van der Waals surface area contributed by atoms with E-state index in [1.54, 1.807) is 20.3 Å². The highest BCUT2D eigenvalue weighted by Crippen LogP contribution is 2.43. The summed E-state index contributed by atoms with van der Waals surface area (Å²) in [6, 6.07) is 6.06. The number of carbonyl (C=O) groups excluding carboxylic acids is 1. The van der Waals surface area contributed by atoms with Gasteiger partial charge >= 0.3 is 6.09 Å². The zero-order chi connectivity index (χ0) is 34.0. The average molecular weight is 664 g/mol. The van der Waals surface area contributed by atoms with Crippen molar-refractivity contribution >= 4 is 33.6 Å². The van der Waals surface area contributed by atoms with E-state index in [0.717, 1.165) is 45.2 Å². The van der Waals surface area contributed by atoms with Crippen LogP contribution in [0.15, 0.2) is 30.5 Å². The van der Waals surface area contributed by atoms with Gasteiger partial charge in [-0.05, 0) is 61.6 Å². The van der Waals surface area contributed by atoms with Crippen LogP contribution in [0, 0.1) is 35.8 Å². The van der Waals surface area contributed by atoms with Crippen LogP contribution in [-0.2, 0) is 4.74 Å². The van der Waals surface area contributed by atoms with Gasteiger partial charge in [0.2, 0.25) is 5.82 Å². The highest BCUT2D eigenvalue weighted by atomic mass is 19.1. The van der Waals surface area contributed by atoms with E-state index >= 15 is 4.39 Å². The van der Waals surface area contributed by atoms with Crippen LogP contribution in [0.25, 0.3) is 32.9 Å². The lowest BCUT2D eigenvalue weighted by Crippen LogP contribution is -2.44. The topological polar surface area (TPSA) is 107 Å². The number of hydrogen-bond acceptors (Lipinski definition) is 9. The summed E-state index contributed by atoms with van der Waals surface area (Å²) in [5, 5.41) is 15.2. The van der Waals surface area contributed by atoms with Crippen molar-refractivity contribution in [1.82, 2.24) is 30.1 Å². The van der Waals surface area contributed by atoms with Crippen LogP contribution in [0.1, 0.15) is 43.5 Å². The van der Waals surface area contributed by atoms with E-state index in [2.05, 4.69) is 42.8 Å². The van der Waals surface area contributed by atoms with Gasteiger partial charge < -0.3 is 25.0 Å². The number of halogens is 2. The van der Waals surface area contributed by atoms with Crippen LogP contribution in [0.3, 0.4) is 0 Å². The molecule has 4 aromatic rings. The minimum atomic E-state index is -0.741. The molecule has 0 saturated carbocycles. The van der Waals surface area contributed by atoms with Crippen LogP contribution in [0.5, 0.6) is 5.75 Å². The molecule has 250 valence electrons. The Balaban J connectivity index is 1.24. The summed E-state index contributed by atoms with van der Waals surface area (Å²) in [4.78, 5) is 32.1. The third-order valence-electron chi connectivity index (χ3n) is 10.5. The summed E-state index contributed by atoms with van der Waals surface area (Å²) in [6.07, 6.45) is 11.3. The second-order valence-electron chi connectivity index (χ2n) is 13.6. The molecular formula is C37H35F2N7O3. The van der Waals surface area contributed by atoms with Crippen molar-refractivity contribution in [2.75, 3.05) is 45.2 Å². The number of amides is 1. The maximum absolute atomic E-state index is 16.9. The molecule has 2 bridgehead atoms. The molecule has 0 spiro atoms. The van der Waals surface area contributed by atoms with Gasteiger partial charge in [-0.2, -0.15) is 0 Å². The number of terminal acetylenes is 1. The number of rotatable bonds is 4. The van der Waals surface area contributed by atoms with Gasteiger partial charge in [0.1, 0.15) is 35.2 Å². The zero-order valence-electron chi connectivity index (χ0n) is 27.3. The van der Waals surface area contributed by atoms with Crippen LogP contribution in [0.4, 0.5) is 19.4 Å². The van der Waals surface area contributed by atoms with Gasteiger partial charge in [0.25, 0.3) is 0 Å². The Kier molecular flexibility index (Phi) is 7.54. The van der Waals surface area contributed by atoms with E-state index in [-0.39, 0.29) is 57.5 Å². The van der Waals surface area contributed by atoms with Gasteiger partial charge in [-0.15, -0.1) is 6.42 Å². The zero-order valence-corrected chi connectivity index (χ0v) is 27.3. The van der Waals surface area contributed by atoms with E-state index < -0.39 is 17.2 Å². The number of fused-ring (bicyclic) bond motifs is 5. The fourth-order valence-corrected chi connectivity index (χ4v) is 8.18. The lowest BCUT2D eigenvalue weighted by molar-refractivity contribution is 0.0794. The standard InChI is InChI=1S/C37H35F2N7O3/c1-4-26-29(38)7-6-21-14-25(47)16-27(31(21)26)33-32(39)34-28(18-41-33)35(45-19-22-15-24(45)17-40-22)43-30(42-34)9-12-37-10-5-13-46(37)23(8-11-37)20-49-36(48)44(2)3/h1,6-7,14,16,18,22-24,40,47H,5,8,10-11,13,15,17,19-20H2,2-3H3/t22-,23-,24-,37-/m1/s1. The molecule has 49 heavy (non-hydrogen) atoms. The van der Waals surface area contributed by atoms with Gasteiger partial charge in [0, 0.05) is 69.0 Å². The van der Waals surface area contributed by atoms with Crippen LogP contribution in [0.2, 0.25) is 0 Å². The monoisotopic (exact) mass is 663 g/mol. The van der Waals surface area contributed by atoms with Crippen molar-refractivity contribution in [3.05, 3.63) is 53.5 Å². The number of phenols is 1. The minimum absolute atomic E-state index is 0.0332. The Hall–Kier alpha value is -5.04. The van der Waals surface area contributed by atoms with E-state index in [9.17, 15) is 14.3 Å². The van der Waals surface area contributed by atoms with Crippen LogP contribution >= 0.6 is 0 Å². The van der Waals surface area contributed by atoms with Crippen LogP contribution < -0.4 is 10.2 Å². The van der Waals surface area contributed by atoms with Gasteiger partial charge in [-0.1, -0.05) is 17.9 Å². The predicted molar refractivity (Wildman–Crippen MR) is 181 cm³/mol. The number of aromatic nitrogens is 3. The molecular weight excluding hydrogens is 628 g/mol. The normalized spacial score (nSPS) is 24.2. The fraction of sp³-hybridized carbons (Fsp3) is 0.405. The largest absolute Gasteiger partial charge is 0.508 e. The number of ether oxygens (including phenoxy) is 1. The molecule has 1 amide bonds. The van der Waals surface area contributed by atoms with Crippen LogP contribution in [-0.4, -0.2) is 100.0 Å². The van der Waals surface area contributed by atoms with Crippen molar-refractivity contribution in [3.8, 4) is 41.2 Å². The summed E-state index contributed by atoms with van der Waals surface area (Å²) in [6.45, 7) is 2.63. The van der Waals surface area contributed by atoms with Gasteiger partial charge in [0.15, 0.2) is 5.82 Å². The summed E-state index contributed by atoms with van der Waals surface area (Å²) in [5.74, 6) is 8.34. The number of piperazine rings is 1. The van der Waals surface area contributed by atoms with Crippen molar-refractivity contribution in [2.24, 2.45) is 0 Å². The Morgan fingerprint density at radius 2 is 2.10 bits per heavy atom. The second kappa shape index (κ2) is 11.8. The molecule has 2 aromatic carbocycles. The number of anilines is 1. The molecule has 4 saturated heterocycles. The number of phenolic OH excluding ortho intramolecular Hbond substituents is 1. The summed E-state index contributed by atoms with van der Waals surface area (Å²) >= 11 is 0. The van der Waals surface area contributed by atoms with Crippen molar-refractivity contribution in [2.45, 2.75) is 55.8 Å². The molecule has 0 radical (unpaired) electrons. The van der Waals surface area contributed by atoms with Gasteiger partial charge in [-0.25, -0.2) is 23.5 Å². The molecule has 4 fully saturated rings. The summed E-state index contributed by atoms with van der Waals surface area (Å²) < 4.78 is 37.3. The number of carbonyl (C=O) groups is 1. The third-order valence-corrected chi connectivity index (χ3v) is 10.5. The van der Waals surface area contributed by atoms with Crippen molar-refractivity contribution in [1.29, 1.82) is 0 Å². The average Bonchev–Trinajstić information content (AvgIpc) is 3.89. The minimum Gasteiger partial charge on any atom is -0.508 e. The quantitative estimate of drug-likeness (QED) is 0.307. The first-order valence-electron chi connectivity index (χ1n) is 16.6. The second-order valence-corrected chi connectivity index (χ2v) is 13.6. The van der Waals surface area contributed by atoms with Gasteiger partial charge in [0.05, 0.1) is 16.5 Å². The van der Waals surface area contributed by atoms with E-state index in [4.69, 9.17) is 16.1 Å². The molecule has 4 aliphatic rings. The maximum Gasteiger partial charge on any atom is 0.409 e. The first kappa shape index (κ1) is 31.2. The summed E-state index contributed by atoms with van der Waals surface area (Å²) in [7, 11) is 3.32. The molecule has 0 unspecified atom stereocenters. The number of nitrogens with one attached hydrogen (secondary N) is 1. The number of aromatic hydroxyl groups is 1. The van der Waals surface area contributed by atoms with Crippen molar-refractivity contribution < 1.29 is 23.4 Å². The molecule has 8 rings (SSSR count). The molecule has 0 aliphatic carbocycles. The third kappa shape index (κ3) is 5.18. The first-order valence-corrected chi connectivity index (χ1v) is 16.6. The van der Waals surface area contributed by atoms with E-state index in [1.807, 2.05) is 0 Å². The maximum atomic E-state index is 16.9. The number of benzene rings is 2.